The highest BCUT2D eigenvalue weighted by atomic mass is 19.4. The van der Waals surface area contributed by atoms with Crippen molar-refractivity contribution in [2.75, 3.05) is 9.80 Å². The van der Waals surface area contributed by atoms with Crippen molar-refractivity contribution in [3.8, 4) is 6.07 Å². The number of alkyl halides is 3. The molecule has 144 valence electrons. The Hall–Kier alpha value is -3.01. The molecule has 28 heavy (non-hydrogen) atoms. The van der Waals surface area contributed by atoms with Gasteiger partial charge in [0, 0.05) is 11.4 Å². The van der Waals surface area contributed by atoms with Crippen LogP contribution in [0.25, 0.3) is 0 Å². The molecular formula is C21H18F3N3O. The highest BCUT2D eigenvalue weighted by Gasteiger charge is 2.48. The molecule has 1 heterocycles. The zero-order valence-electron chi connectivity index (χ0n) is 15.0. The Balaban J connectivity index is 1.79. The van der Waals surface area contributed by atoms with E-state index in [-0.39, 0.29) is 23.8 Å². The van der Waals surface area contributed by atoms with Crippen LogP contribution in [0.15, 0.2) is 48.5 Å². The van der Waals surface area contributed by atoms with Crippen molar-refractivity contribution in [3.63, 3.8) is 0 Å². The van der Waals surface area contributed by atoms with E-state index in [1.165, 1.54) is 11.0 Å². The van der Waals surface area contributed by atoms with E-state index in [1.807, 2.05) is 30.3 Å². The van der Waals surface area contributed by atoms with Gasteiger partial charge < -0.3 is 0 Å². The maximum absolute atomic E-state index is 13.4. The van der Waals surface area contributed by atoms with Crippen LogP contribution in [-0.4, -0.2) is 18.1 Å². The molecule has 2 fully saturated rings. The first kappa shape index (κ1) is 18.4. The number of rotatable bonds is 2. The van der Waals surface area contributed by atoms with E-state index in [1.54, 1.807) is 11.0 Å². The molecule has 0 bridgehead atoms. The van der Waals surface area contributed by atoms with Gasteiger partial charge in [-0.25, -0.2) is 4.79 Å². The van der Waals surface area contributed by atoms with Crippen molar-refractivity contribution < 1.29 is 18.0 Å². The lowest BCUT2D eigenvalue weighted by Crippen LogP contribution is -2.40. The van der Waals surface area contributed by atoms with Gasteiger partial charge in [0.05, 0.1) is 29.3 Å². The SMILES string of the molecule is N#Cc1ccc(N2C(=O)N(c3ccccc3)C3CCCCC32)cc1C(F)(F)F. The highest BCUT2D eigenvalue weighted by molar-refractivity contribution is 6.07. The number of para-hydroxylation sites is 1. The highest BCUT2D eigenvalue weighted by Crippen LogP contribution is 2.41. The molecule has 2 amide bonds. The van der Waals surface area contributed by atoms with E-state index in [0.717, 1.165) is 43.5 Å². The molecule has 1 saturated carbocycles. The van der Waals surface area contributed by atoms with Gasteiger partial charge in [0.1, 0.15) is 0 Å². The summed E-state index contributed by atoms with van der Waals surface area (Å²) >= 11 is 0. The molecule has 2 unspecified atom stereocenters. The number of hydrogen-bond donors (Lipinski definition) is 0. The van der Waals surface area contributed by atoms with Crippen molar-refractivity contribution in [1.82, 2.24) is 0 Å². The lowest BCUT2D eigenvalue weighted by Gasteiger charge is -2.32. The summed E-state index contributed by atoms with van der Waals surface area (Å²) in [5, 5.41) is 9.03. The zero-order chi connectivity index (χ0) is 19.9. The third-order valence-corrected chi connectivity index (χ3v) is 5.51. The molecule has 2 aromatic carbocycles. The summed E-state index contributed by atoms with van der Waals surface area (Å²) in [6.45, 7) is 0. The van der Waals surface area contributed by atoms with E-state index >= 15 is 0 Å². The van der Waals surface area contributed by atoms with Gasteiger partial charge >= 0.3 is 12.2 Å². The van der Waals surface area contributed by atoms with Crippen LogP contribution in [0.2, 0.25) is 0 Å². The molecular weight excluding hydrogens is 367 g/mol. The Morgan fingerprint density at radius 3 is 2.11 bits per heavy atom. The Bertz CT molecular complexity index is 936. The van der Waals surface area contributed by atoms with Crippen LogP contribution in [0.5, 0.6) is 0 Å². The number of nitrogens with zero attached hydrogens (tertiary/aromatic N) is 3. The van der Waals surface area contributed by atoms with Crippen molar-refractivity contribution in [2.45, 2.75) is 43.9 Å². The van der Waals surface area contributed by atoms with Crippen molar-refractivity contribution in [1.29, 1.82) is 5.26 Å². The Labute approximate surface area is 160 Å². The number of carbonyl (C=O) groups excluding carboxylic acids is 1. The van der Waals surface area contributed by atoms with Gasteiger partial charge in [-0.3, -0.25) is 9.80 Å². The van der Waals surface area contributed by atoms with E-state index in [4.69, 9.17) is 5.26 Å². The third kappa shape index (κ3) is 2.99. The summed E-state index contributed by atoms with van der Waals surface area (Å²) < 4.78 is 40.2. The number of halogens is 3. The average Bonchev–Trinajstić information content (AvgIpc) is 2.99. The molecule has 2 atom stereocenters. The summed E-state index contributed by atoms with van der Waals surface area (Å²) in [6.07, 6.45) is -1.21. The summed E-state index contributed by atoms with van der Waals surface area (Å²) in [4.78, 5) is 16.5. The number of anilines is 2. The van der Waals surface area contributed by atoms with Crippen LogP contribution >= 0.6 is 0 Å². The molecule has 0 radical (unpaired) electrons. The fourth-order valence-corrected chi connectivity index (χ4v) is 4.30. The van der Waals surface area contributed by atoms with Crippen molar-refractivity contribution in [2.24, 2.45) is 0 Å². The van der Waals surface area contributed by atoms with Gasteiger partial charge in [-0.15, -0.1) is 0 Å². The van der Waals surface area contributed by atoms with Crippen molar-refractivity contribution in [3.05, 3.63) is 59.7 Å². The van der Waals surface area contributed by atoms with Crippen LogP contribution in [0.1, 0.15) is 36.8 Å². The normalized spacial score (nSPS) is 22.1. The number of carbonyl (C=O) groups is 1. The van der Waals surface area contributed by atoms with Gasteiger partial charge in [-0.1, -0.05) is 31.0 Å². The van der Waals surface area contributed by atoms with Crippen LogP contribution in [0.4, 0.5) is 29.3 Å². The second-order valence-electron chi connectivity index (χ2n) is 7.12. The second kappa shape index (κ2) is 6.86. The predicted octanol–water partition coefficient (Wildman–Crippen LogP) is 5.33. The molecule has 0 spiro atoms. The third-order valence-electron chi connectivity index (χ3n) is 5.51. The maximum Gasteiger partial charge on any atom is 0.417 e. The number of fused-ring (bicyclic) bond motifs is 1. The van der Waals surface area contributed by atoms with E-state index in [0.29, 0.717) is 0 Å². The van der Waals surface area contributed by atoms with Crippen LogP contribution in [-0.2, 0) is 6.18 Å². The standard InChI is InChI=1S/C21H18F3N3O/c22-21(23,24)17-12-16(11-10-14(17)13-25)27-19-9-5-4-8-18(19)26(20(27)28)15-6-2-1-3-7-15/h1-3,6-7,10-12,18-19H,4-5,8-9H2. The van der Waals surface area contributed by atoms with Crippen LogP contribution < -0.4 is 9.80 Å². The van der Waals surface area contributed by atoms with Crippen LogP contribution in [0.3, 0.4) is 0 Å². The summed E-state index contributed by atoms with van der Waals surface area (Å²) in [5.41, 5.74) is -0.517. The number of hydrogen-bond acceptors (Lipinski definition) is 2. The lowest BCUT2D eigenvalue weighted by molar-refractivity contribution is -0.137. The molecule has 1 saturated heterocycles. The number of amides is 2. The molecule has 0 N–H and O–H groups in total. The van der Waals surface area contributed by atoms with E-state index in [9.17, 15) is 18.0 Å². The fraction of sp³-hybridized carbons (Fsp3) is 0.333. The molecule has 4 nitrogen and oxygen atoms in total. The van der Waals surface area contributed by atoms with Crippen LogP contribution in [0, 0.1) is 11.3 Å². The monoisotopic (exact) mass is 385 g/mol. The first-order valence-corrected chi connectivity index (χ1v) is 9.20. The Morgan fingerprint density at radius 1 is 0.929 bits per heavy atom. The molecule has 0 aromatic heterocycles. The maximum atomic E-state index is 13.4. The number of urea groups is 1. The first-order valence-electron chi connectivity index (χ1n) is 9.20. The van der Waals surface area contributed by atoms with E-state index < -0.39 is 17.3 Å². The smallest absolute Gasteiger partial charge is 0.289 e. The topological polar surface area (TPSA) is 47.3 Å². The summed E-state index contributed by atoms with van der Waals surface area (Å²) in [7, 11) is 0. The summed E-state index contributed by atoms with van der Waals surface area (Å²) in [6, 6.07) is 13.7. The minimum atomic E-state index is -4.66. The van der Waals surface area contributed by atoms with Gasteiger partial charge in [-0.05, 0) is 43.2 Å². The average molecular weight is 385 g/mol. The predicted molar refractivity (Wildman–Crippen MR) is 99.0 cm³/mol. The zero-order valence-corrected chi connectivity index (χ0v) is 15.0. The van der Waals surface area contributed by atoms with Gasteiger partial charge in [-0.2, -0.15) is 18.4 Å². The van der Waals surface area contributed by atoms with Crippen molar-refractivity contribution >= 4 is 17.4 Å². The van der Waals surface area contributed by atoms with Gasteiger partial charge in [0.2, 0.25) is 0 Å². The fourth-order valence-electron chi connectivity index (χ4n) is 4.30. The summed E-state index contributed by atoms with van der Waals surface area (Å²) in [5.74, 6) is 0. The molecule has 2 aliphatic rings. The van der Waals surface area contributed by atoms with Gasteiger partial charge in [0.25, 0.3) is 0 Å². The Morgan fingerprint density at radius 2 is 1.54 bits per heavy atom. The lowest BCUT2D eigenvalue weighted by atomic mass is 9.89. The number of benzene rings is 2. The van der Waals surface area contributed by atoms with E-state index in [2.05, 4.69) is 0 Å². The largest absolute Gasteiger partial charge is 0.417 e. The quantitative estimate of drug-likeness (QED) is 0.701. The minimum absolute atomic E-state index is 0.0753. The molecule has 1 aliphatic heterocycles. The molecule has 4 rings (SSSR count). The van der Waals surface area contributed by atoms with Gasteiger partial charge in [0.15, 0.2) is 0 Å². The molecule has 7 heteroatoms. The Kier molecular flexibility index (Phi) is 4.50. The number of nitriles is 1. The second-order valence-corrected chi connectivity index (χ2v) is 7.12. The molecule has 1 aliphatic carbocycles. The minimum Gasteiger partial charge on any atom is -0.289 e. The molecule has 2 aromatic rings. The first-order chi connectivity index (χ1) is 13.4.